The minimum Gasteiger partial charge on any atom is -0.379 e. The van der Waals surface area contributed by atoms with Gasteiger partial charge in [0.25, 0.3) is 0 Å². The maximum Gasteiger partial charge on any atom is 0.353 e. The van der Waals surface area contributed by atoms with E-state index in [1.807, 2.05) is 0 Å². The Morgan fingerprint density at radius 2 is 2.03 bits per heavy atom. The summed E-state index contributed by atoms with van der Waals surface area (Å²) < 4.78 is 5.38. The largest absolute Gasteiger partial charge is 0.379 e. The van der Waals surface area contributed by atoms with Crippen LogP contribution in [0, 0.1) is 20.9 Å². The molecule has 166 valence electrons. The second kappa shape index (κ2) is 8.26. The molecular formula is C21H34N6O3. The van der Waals surface area contributed by atoms with Gasteiger partial charge in [-0.2, -0.15) is 0 Å². The number of rotatable bonds is 7. The highest BCUT2D eigenvalue weighted by atomic mass is 16.6. The first kappa shape index (κ1) is 21.2. The van der Waals surface area contributed by atoms with Crippen LogP contribution in [0.4, 0.5) is 17.3 Å². The molecule has 2 bridgehead atoms. The van der Waals surface area contributed by atoms with Crippen molar-refractivity contribution in [3.05, 3.63) is 16.4 Å². The Bertz CT molecular complexity index is 782. The number of nitrogens with zero attached hydrogens (tertiary/aromatic N) is 5. The molecule has 1 aromatic heterocycles. The molecule has 0 spiro atoms. The number of ether oxygens (including phenoxy) is 1. The highest BCUT2D eigenvalue weighted by Gasteiger charge is 2.51. The lowest BCUT2D eigenvalue weighted by molar-refractivity contribution is -0.383. The van der Waals surface area contributed by atoms with Gasteiger partial charge in [-0.25, -0.2) is 9.97 Å². The van der Waals surface area contributed by atoms with E-state index in [2.05, 4.69) is 45.9 Å². The number of nitro groups is 1. The molecule has 3 fully saturated rings. The third-order valence-electron chi connectivity index (χ3n) is 6.72. The van der Waals surface area contributed by atoms with Crippen LogP contribution in [0.1, 0.15) is 46.5 Å². The van der Waals surface area contributed by atoms with E-state index in [9.17, 15) is 10.1 Å². The van der Waals surface area contributed by atoms with E-state index in [4.69, 9.17) is 4.74 Å². The van der Waals surface area contributed by atoms with Crippen LogP contribution in [0.25, 0.3) is 0 Å². The van der Waals surface area contributed by atoms with Gasteiger partial charge in [0.15, 0.2) is 0 Å². The second-order valence-electron chi connectivity index (χ2n) is 10.2. The van der Waals surface area contributed by atoms with Crippen molar-refractivity contribution in [2.75, 3.05) is 56.2 Å². The van der Waals surface area contributed by atoms with Crippen LogP contribution in [-0.2, 0) is 4.74 Å². The second-order valence-corrected chi connectivity index (χ2v) is 10.2. The Morgan fingerprint density at radius 1 is 1.27 bits per heavy atom. The fourth-order valence-electron chi connectivity index (χ4n) is 5.92. The molecule has 1 saturated carbocycles. The van der Waals surface area contributed by atoms with Crippen LogP contribution in [0.5, 0.6) is 0 Å². The molecule has 3 aliphatic rings. The summed E-state index contributed by atoms with van der Waals surface area (Å²) >= 11 is 0. The van der Waals surface area contributed by atoms with Crippen LogP contribution in [0.3, 0.4) is 0 Å². The zero-order chi connectivity index (χ0) is 21.4. The predicted molar refractivity (Wildman–Crippen MR) is 116 cm³/mol. The zero-order valence-corrected chi connectivity index (χ0v) is 18.4. The maximum atomic E-state index is 12.0. The molecule has 1 aliphatic carbocycles. The van der Waals surface area contributed by atoms with Crippen molar-refractivity contribution in [2.45, 2.75) is 52.5 Å². The van der Waals surface area contributed by atoms with Crippen LogP contribution < -0.4 is 10.2 Å². The quantitative estimate of drug-likeness (QED) is 0.410. The molecule has 2 saturated heterocycles. The minimum atomic E-state index is -0.324. The molecule has 0 amide bonds. The SMILES string of the molecule is CC1(C)CC2CC(C)(CN2c2ncnc(NCCCN3CCOCC3)c2[N+](=O)[O-])C1. The number of hydrogen-bond acceptors (Lipinski definition) is 8. The van der Waals surface area contributed by atoms with E-state index in [0.717, 1.165) is 65.1 Å². The van der Waals surface area contributed by atoms with Crippen molar-refractivity contribution in [1.82, 2.24) is 14.9 Å². The molecule has 4 rings (SSSR count). The van der Waals surface area contributed by atoms with Gasteiger partial charge in [0.1, 0.15) is 6.33 Å². The Labute approximate surface area is 178 Å². The summed E-state index contributed by atoms with van der Waals surface area (Å²) in [4.78, 5) is 24.8. The summed E-state index contributed by atoms with van der Waals surface area (Å²) in [5, 5.41) is 15.2. The maximum absolute atomic E-state index is 12.0. The van der Waals surface area contributed by atoms with Crippen molar-refractivity contribution in [1.29, 1.82) is 0 Å². The fraction of sp³-hybridized carbons (Fsp3) is 0.810. The van der Waals surface area contributed by atoms with Gasteiger partial charge in [-0.05, 0) is 43.1 Å². The Kier molecular flexibility index (Phi) is 5.85. The van der Waals surface area contributed by atoms with E-state index in [0.29, 0.717) is 24.2 Å². The summed E-state index contributed by atoms with van der Waals surface area (Å²) in [5.74, 6) is 0.801. The highest BCUT2D eigenvalue weighted by Crippen LogP contribution is 2.54. The van der Waals surface area contributed by atoms with Gasteiger partial charge < -0.3 is 15.0 Å². The van der Waals surface area contributed by atoms with Gasteiger partial charge in [0.05, 0.1) is 18.1 Å². The smallest absolute Gasteiger partial charge is 0.353 e. The highest BCUT2D eigenvalue weighted by molar-refractivity contribution is 5.71. The normalized spacial score (nSPS) is 28.5. The first-order valence-corrected chi connectivity index (χ1v) is 11.1. The molecule has 9 heteroatoms. The standard InChI is InChI=1S/C21H34N6O3/c1-20(2)11-16-12-21(3,13-20)14-26(16)19-17(27(28)29)18(23-15-24-19)22-5-4-6-25-7-9-30-10-8-25/h15-16H,4-14H2,1-3H3,(H,22,23,24). The van der Waals surface area contributed by atoms with E-state index >= 15 is 0 Å². The summed E-state index contributed by atoms with van der Waals surface area (Å²) in [7, 11) is 0. The molecule has 30 heavy (non-hydrogen) atoms. The summed E-state index contributed by atoms with van der Waals surface area (Å²) in [5.41, 5.74) is 0.434. The molecule has 2 aliphatic heterocycles. The van der Waals surface area contributed by atoms with Gasteiger partial charge in [0, 0.05) is 32.2 Å². The van der Waals surface area contributed by atoms with Crippen LogP contribution >= 0.6 is 0 Å². The molecule has 0 radical (unpaired) electrons. The van der Waals surface area contributed by atoms with Crippen molar-refractivity contribution in [3.8, 4) is 0 Å². The number of morpholine rings is 1. The van der Waals surface area contributed by atoms with Crippen molar-refractivity contribution in [3.63, 3.8) is 0 Å². The van der Waals surface area contributed by atoms with Gasteiger partial charge in [-0.1, -0.05) is 20.8 Å². The van der Waals surface area contributed by atoms with E-state index < -0.39 is 0 Å². The van der Waals surface area contributed by atoms with Crippen LogP contribution in [-0.4, -0.2) is 71.8 Å². The number of aromatic nitrogens is 2. The third kappa shape index (κ3) is 4.51. The van der Waals surface area contributed by atoms with Crippen molar-refractivity contribution < 1.29 is 9.66 Å². The Balaban J connectivity index is 1.47. The third-order valence-corrected chi connectivity index (χ3v) is 6.72. The predicted octanol–water partition coefficient (Wildman–Crippen LogP) is 2.92. The first-order valence-electron chi connectivity index (χ1n) is 11.1. The van der Waals surface area contributed by atoms with E-state index in [1.54, 1.807) is 0 Å². The topological polar surface area (TPSA) is 96.7 Å². The summed E-state index contributed by atoms with van der Waals surface area (Å²) in [6.07, 6.45) is 5.60. The minimum absolute atomic E-state index is 0.0119. The average molecular weight is 419 g/mol. The summed E-state index contributed by atoms with van der Waals surface area (Å²) in [6.45, 7) is 12.8. The Hall–Kier alpha value is -2.00. The molecule has 2 atom stereocenters. The fourth-order valence-corrected chi connectivity index (χ4v) is 5.92. The van der Waals surface area contributed by atoms with Crippen LogP contribution in [0.15, 0.2) is 6.33 Å². The molecule has 0 aromatic carbocycles. The van der Waals surface area contributed by atoms with Crippen LogP contribution in [0.2, 0.25) is 0 Å². The lowest BCUT2D eigenvalue weighted by Gasteiger charge is -2.39. The van der Waals surface area contributed by atoms with Crippen molar-refractivity contribution >= 4 is 17.3 Å². The number of nitrogens with one attached hydrogen (secondary N) is 1. The number of anilines is 2. The van der Waals surface area contributed by atoms with Gasteiger partial charge in [-0.3, -0.25) is 15.0 Å². The summed E-state index contributed by atoms with van der Waals surface area (Å²) in [6, 6.07) is 0.293. The lowest BCUT2D eigenvalue weighted by Crippen LogP contribution is -2.37. The number of fused-ring (bicyclic) bond motifs is 2. The molecule has 1 aromatic rings. The monoisotopic (exact) mass is 418 g/mol. The van der Waals surface area contributed by atoms with Gasteiger partial charge in [-0.15, -0.1) is 0 Å². The average Bonchev–Trinajstić information content (AvgIpc) is 2.94. The molecule has 1 N–H and O–H groups in total. The zero-order valence-electron chi connectivity index (χ0n) is 18.4. The lowest BCUT2D eigenvalue weighted by atomic mass is 9.65. The Morgan fingerprint density at radius 3 is 2.77 bits per heavy atom. The molecule has 3 heterocycles. The molecule has 9 nitrogen and oxygen atoms in total. The molecule has 2 unspecified atom stereocenters. The number of hydrogen-bond donors (Lipinski definition) is 1. The van der Waals surface area contributed by atoms with E-state index in [-0.39, 0.29) is 21.4 Å². The molecular weight excluding hydrogens is 384 g/mol. The van der Waals surface area contributed by atoms with Gasteiger partial charge in [0.2, 0.25) is 11.6 Å². The van der Waals surface area contributed by atoms with Crippen molar-refractivity contribution in [2.24, 2.45) is 10.8 Å². The van der Waals surface area contributed by atoms with E-state index in [1.165, 1.54) is 6.33 Å². The van der Waals surface area contributed by atoms with Gasteiger partial charge >= 0.3 is 5.69 Å². The first-order chi connectivity index (χ1) is 14.3.